The van der Waals surface area contributed by atoms with Crippen molar-refractivity contribution >= 4 is 37.6 Å². The van der Waals surface area contributed by atoms with Gasteiger partial charge in [-0.3, -0.25) is 0 Å². The third-order valence-corrected chi connectivity index (χ3v) is 9.59. The van der Waals surface area contributed by atoms with E-state index in [1.807, 2.05) is 0 Å². The van der Waals surface area contributed by atoms with Crippen molar-refractivity contribution in [3.63, 3.8) is 0 Å². The van der Waals surface area contributed by atoms with Gasteiger partial charge in [-0.2, -0.15) is 0 Å². The summed E-state index contributed by atoms with van der Waals surface area (Å²) in [6, 6.07) is 2.73. The van der Waals surface area contributed by atoms with Gasteiger partial charge in [0.25, 0.3) is 0 Å². The Morgan fingerprint density at radius 2 is 1.38 bits per heavy atom. The maximum atomic E-state index is 2.39. The van der Waals surface area contributed by atoms with E-state index in [2.05, 4.69) is 50.3 Å². The molecule has 0 aliphatic heterocycles. The summed E-state index contributed by atoms with van der Waals surface area (Å²) in [4.78, 5) is 0. The molecule has 0 heterocycles. The summed E-state index contributed by atoms with van der Waals surface area (Å²) in [6.07, 6.45) is 16.3. The van der Waals surface area contributed by atoms with E-state index in [4.69, 9.17) is 0 Å². The third kappa shape index (κ3) is 2.38. The van der Waals surface area contributed by atoms with Crippen LogP contribution in [0.2, 0.25) is 12.1 Å². The van der Waals surface area contributed by atoms with E-state index in [0.29, 0.717) is 0 Å². The van der Waals surface area contributed by atoms with Crippen LogP contribution < -0.4 is 0 Å². The van der Waals surface area contributed by atoms with Crippen molar-refractivity contribution in [1.29, 1.82) is 0 Å². The second kappa shape index (κ2) is 6.20. The molecule has 0 spiro atoms. The first-order valence-corrected chi connectivity index (χ1v) is 8.47. The van der Waals surface area contributed by atoms with Crippen LogP contribution >= 0.6 is 0 Å². The van der Waals surface area contributed by atoms with Gasteiger partial charge >= 0.3 is 29.6 Å². The molecule has 0 unspecified atom stereocenters. The first-order valence-electron chi connectivity index (χ1n) is 6.06. The quantitative estimate of drug-likeness (QED) is 0.658. The molecule has 0 amide bonds. The van der Waals surface area contributed by atoms with Crippen LogP contribution in [0, 0.1) is 0 Å². The van der Waals surface area contributed by atoms with Crippen molar-refractivity contribution in [2.45, 2.75) is 38.8 Å². The molecule has 0 aromatic rings. The summed E-state index contributed by atoms with van der Waals surface area (Å²) < 4.78 is 0. The summed E-state index contributed by atoms with van der Waals surface area (Å²) in [6.45, 7) is 4.77. The molecule has 16 heavy (non-hydrogen) atoms. The molecule has 2 rings (SSSR count). The SMILES string of the molecule is CC[Si](CC)(C1=CC=CC1)C1=CC=CC1.[NaH]. The van der Waals surface area contributed by atoms with Crippen LogP contribution in [-0.4, -0.2) is 37.6 Å². The molecule has 0 saturated carbocycles. The van der Waals surface area contributed by atoms with Crippen LogP contribution in [0.5, 0.6) is 0 Å². The van der Waals surface area contributed by atoms with E-state index in [9.17, 15) is 0 Å². The predicted molar refractivity (Wildman–Crippen MR) is 77.5 cm³/mol. The van der Waals surface area contributed by atoms with E-state index >= 15 is 0 Å². The van der Waals surface area contributed by atoms with Gasteiger partial charge in [0.05, 0.1) is 0 Å². The van der Waals surface area contributed by atoms with Crippen molar-refractivity contribution < 1.29 is 0 Å². The average Bonchev–Trinajstić information content (AvgIpc) is 2.92. The topological polar surface area (TPSA) is 0 Å². The summed E-state index contributed by atoms with van der Waals surface area (Å²) in [5, 5.41) is 3.50. The van der Waals surface area contributed by atoms with Crippen molar-refractivity contribution in [2.75, 3.05) is 0 Å². The third-order valence-electron chi connectivity index (χ3n) is 3.98. The minimum atomic E-state index is -1.28. The Balaban J connectivity index is 0.00000128. The zero-order chi connectivity index (χ0) is 10.7. The fraction of sp³-hybridized carbons (Fsp3) is 0.429. The molecule has 0 N–H and O–H groups in total. The van der Waals surface area contributed by atoms with E-state index in [-0.39, 0.29) is 29.6 Å². The molecule has 0 nitrogen and oxygen atoms in total. The van der Waals surface area contributed by atoms with Gasteiger partial charge in [-0.15, -0.1) is 0 Å². The molecule has 0 bridgehead atoms. The minimum absolute atomic E-state index is 0. The maximum absolute atomic E-state index is 2.39. The van der Waals surface area contributed by atoms with E-state index in [0.717, 1.165) is 0 Å². The molecule has 0 aromatic heterocycles. The Morgan fingerprint density at radius 1 is 0.938 bits per heavy atom. The zero-order valence-electron chi connectivity index (χ0n) is 9.79. The molecular formula is C14H21NaSi. The molecule has 0 atom stereocenters. The van der Waals surface area contributed by atoms with Gasteiger partial charge < -0.3 is 0 Å². The van der Waals surface area contributed by atoms with Gasteiger partial charge in [0.2, 0.25) is 0 Å². The normalized spacial score (nSPS) is 18.4. The molecule has 2 heteroatoms. The van der Waals surface area contributed by atoms with Crippen LogP contribution in [0.4, 0.5) is 0 Å². The van der Waals surface area contributed by atoms with Crippen LogP contribution in [0.15, 0.2) is 46.8 Å². The van der Waals surface area contributed by atoms with Gasteiger partial charge in [0.1, 0.15) is 8.07 Å². The van der Waals surface area contributed by atoms with Gasteiger partial charge in [-0.25, -0.2) is 0 Å². The van der Waals surface area contributed by atoms with E-state index in [1.165, 1.54) is 24.9 Å². The summed E-state index contributed by atoms with van der Waals surface area (Å²) in [5.41, 5.74) is 0. The molecule has 0 aromatic carbocycles. The summed E-state index contributed by atoms with van der Waals surface area (Å²) in [7, 11) is -1.28. The van der Waals surface area contributed by atoms with Crippen LogP contribution in [0.3, 0.4) is 0 Å². The number of allylic oxidation sites excluding steroid dienone is 8. The van der Waals surface area contributed by atoms with E-state index in [1.54, 1.807) is 10.4 Å². The fourth-order valence-corrected chi connectivity index (χ4v) is 7.55. The molecule has 0 radical (unpaired) electrons. The number of hydrogen-bond donors (Lipinski definition) is 0. The predicted octanol–water partition coefficient (Wildman–Crippen LogP) is 3.68. The van der Waals surface area contributed by atoms with Crippen molar-refractivity contribution in [3.05, 3.63) is 46.8 Å². The average molecular weight is 240 g/mol. The monoisotopic (exact) mass is 240 g/mol. The Bertz CT molecular complexity index is 325. The molecule has 82 valence electrons. The Labute approximate surface area is 123 Å². The van der Waals surface area contributed by atoms with Crippen LogP contribution in [0.1, 0.15) is 26.7 Å². The molecule has 2 aliphatic carbocycles. The van der Waals surface area contributed by atoms with Gasteiger partial charge in [-0.05, 0) is 12.8 Å². The first-order chi connectivity index (χ1) is 7.33. The second-order valence-corrected chi connectivity index (χ2v) is 9.30. The number of hydrogen-bond acceptors (Lipinski definition) is 0. The van der Waals surface area contributed by atoms with Gasteiger partial charge in [0, 0.05) is 0 Å². The summed E-state index contributed by atoms with van der Waals surface area (Å²) >= 11 is 0. The van der Waals surface area contributed by atoms with Crippen molar-refractivity contribution in [2.24, 2.45) is 0 Å². The molecule has 2 aliphatic rings. The van der Waals surface area contributed by atoms with E-state index < -0.39 is 8.07 Å². The second-order valence-electron chi connectivity index (χ2n) is 4.44. The molecular weight excluding hydrogens is 219 g/mol. The first kappa shape index (κ1) is 14.2. The zero-order valence-corrected chi connectivity index (χ0v) is 10.8. The summed E-state index contributed by atoms with van der Waals surface area (Å²) in [5.74, 6) is 0. The van der Waals surface area contributed by atoms with Gasteiger partial charge in [0.15, 0.2) is 0 Å². The van der Waals surface area contributed by atoms with Crippen molar-refractivity contribution in [1.82, 2.24) is 0 Å². The Hall–Kier alpha value is 0.177. The molecule has 0 saturated heterocycles. The Morgan fingerprint density at radius 3 is 1.62 bits per heavy atom. The van der Waals surface area contributed by atoms with Gasteiger partial charge in [-0.1, -0.05) is 72.8 Å². The number of rotatable bonds is 4. The standard InChI is InChI=1S/C14H20Si.Na.H/c1-3-15(4-2,13-9-5-6-10-13)14-11-7-8-12-14;;/h5-9,11H,3-4,10,12H2,1-2H3;;. The van der Waals surface area contributed by atoms with Crippen LogP contribution in [0.25, 0.3) is 0 Å². The molecule has 0 fully saturated rings. The van der Waals surface area contributed by atoms with Crippen LogP contribution in [-0.2, 0) is 0 Å². The fourth-order valence-electron chi connectivity index (χ4n) is 2.97. The Kier molecular flexibility index (Phi) is 5.52. The van der Waals surface area contributed by atoms with Crippen molar-refractivity contribution in [3.8, 4) is 0 Å².